The Morgan fingerprint density at radius 1 is 0.310 bits per heavy atom. The summed E-state index contributed by atoms with van der Waals surface area (Å²) in [5.41, 5.74) is 14.3. The van der Waals surface area contributed by atoms with E-state index in [2.05, 4.69) is 223 Å². The van der Waals surface area contributed by atoms with Crippen molar-refractivity contribution in [2.45, 2.75) is 0 Å². The lowest BCUT2D eigenvalue weighted by atomic mass is 9.94. The van der Waals surface area contributed by atoms with E-state index in [1.54, 1.807) is 0 Å². The molecular weight excluding hydrogens is 703 g/mol. The Morgan fingerprint density at radius 2 is 0.845 bits per heavy atom. The zero-order chi connectivity index (χ0) is 38.4. The number of nitrogens with zero attached hydrogens (tertiary/aromatic N) is 1. The lowest BCUT2D eigenvalue weighted by molar-refractivity contribution is 0.670. The number of hydrogen-bond donors (Lipinski definition) is 0. The number of para-hydroxylation sites is 2. The van der Waals surface area contributed by atoms with E-state index >= 15 is 0 Å². The van der Waals surface area contributed by atoms with Crippen molar-refractivity contribution in [3.63, 3.8) is 0 Å². The molecule has 0 saturated heterocycles. The molecule has 0 saturated carbocycles. The number of anilines is 3. The van der Waals surface area contributed by atoms with E-state index < -0.39 is 0 Å². The lowest BCUT2D eigenvalue weighted by Gasteiger charge is -2.28. The first-order chi connectivity index (χ1) is 28.8. The molecule has 2 heteroatoms. The maximum absolute atomic E-state index is 6.77. The predicted octanol–water partition coefficient (Wildman–Crippen LogP) is 16.0. The molecule has 0 radical (unpaired) electrons. The van der Waals surface area contributed by atoms with Crippen molar-refractivity contribution in [2.75, 3.05) is 4.90 Å². The van der Waals surface area contributed by atoms with Crippen LogP contribution in [0.4, 0.5) is 17.1 Å². The first kappa shape index (κ1) is 33.6. The summed E-state index contributed by atoms with van der Waals surface area (Å²) in [7, 11) is 0. The Kier molecular flexibility index (Phi) is 8.19. The van der Waals surface area contributed by atoms with Gasteiger partial charge in [-0.05, 0) is 103 Å². The second kappa shape index (κ2) is 14.1. The normalized spacial score (nSPS) is 11.4. The van der Waals surface area contributed by atoms with Gasteiger partial charge in [0.25, 0.3) is 0 Å². The average Bonchev–Trinajstić information content (AvgIpc) is 3.70. The van der Waals surface area contributed by atoms with Gasteiger partial charge in [0.05, 0.1) is 5.69 Å². The van der Waals surface area contributed by atoms with Gasteiger partial charge in [-0.3, -0.25) is 0 Å². The van der Waals surface area contributed by atoms with Gasteiger partial charge >= 0.3 is 0 Å². The molecule has 58 heavy (non-hydrogen) atoms. The molecule has 0 bridgehead atoms. The molecule has 0 aliphatic rings. The summed E-state index contributed by atoms with van der Waals surface area (Å²) >= 11 is 0. The number of benzene rings is 10. The van der Waals surface area contributed by atoms with Crippen LogP contribution in [-0.2, 0) is 0 Å². The van der Waals surface area contributed by atoms with Gasteiger partial charge in [-0.1, -0.05) is 176 Å². The van der Waals surface area contributed by atoms with E-state index in [4.69, 9.17) is 4.42 Å². The zero-order valence-corrected chi connectivity index (χ0v) is 31.7. The summed E-state index contributed by atoms with van der Waals surface area (Å²) in [5, 5.41) is 7.15. The van der Waals surface area contributed by atoms with Gasteiger partial charge in [0, 0.05) is 33.3 Å². The van der Waals surface area contributed by atoms with E-state index in [1.807, 2.05) is 6.07 Å². The number of furan rings is 1. The molecule has 1 aromatic heterocycles. The maximum Gasteiger partial charge on any atom is 0.143 e. The topological polar surface area (TPSA) is 16.4 Å². The Hall–Kier alpha value is -7.68. The van der Waals surface area contributed by atoms with Gasteiger partial charge in [0.2, 0.25) is 0 Å². The zero-order valence-electron chi connectivity index (χ0n) is 31.7. The molecule has 0 N–H and O–H groups in total. The quantitative estimate of drug-likeness (QED) is 0.162. The molecule has 2 nitrogen and oxygen atoms in total. The highest BCUT2D eigenvalue weighted by molar-refractivity contribution is 6.23. The molecule has 11 aromatic rings. The minimum Gasteiger partial charge on any atom is -0.455 e. The summed E-state index contributed by atoms with van der Waals surface area (Å²) in [5.74, 6) is 0. The van der Waals surface area contributed by atoms with Crippen LogP contribution in [0, 0.1) is 0 Å². The summed E-state index contributed by atoms with van der Waals surface area (Å²) in [6, 6.07) is 80.6. The van der Waals surface area contributed by atoms with Crippen LogP contribution in [0.2, 0.25) is 0 Å². The van der Waals surface area contributed by atoms with Crippen molar-refractivity contribution < 1.29 is 4.42 Å². The average molecular weight is 740 g/mol. The van der Waals surface area contributed by atoms with Gasteiger partial charge < -0.3 is 9.32 Å². The molecule has 272 valence electrons. The summed E-state index contributed by atoms with van der Waals surface area (Å²) in [6.07, 6.45) is 0. The number of hydrogen-bond acceptors (Lipinski definition) is 2. The fraction of sp³-hybridized carbons (Fsp3) is 0. The molecule has 0 aliphatic heterocycles. The minimum absolute atomic E-state index is 0.890. The fourth-order valence-corrected chi connectivity index (χ4v) is 8.68. The molecule has 10 aromatic carbocycles. The lowest BCUT2D eigenvalue weighted by Crippen LogP contribution is -2.11. The molecule has 0 unspecified atom stereocenters. The van der Waals surface area contributed by atoms with Crippen LogP contribution in [0.3, 0.4) is 0 Å². The van der Waals surface area contributed by atoms with Crippen molar-refractivity contribution >= 4 is 60.5 Å². The Bertz CT molecular complexity index is 3260. The molecule has 1 heterocycles. The Balaban J connectivity index is 1.06. The minimum atomic E-state index is 0.890. The van der Waals surface area contributed by atoms with Gasteiger partial charge in [-0.25, -0.2) is 0 Å². The van der Waals surface area contributed by atoms with E-state index in [0.717, 1.165) is 55.7 Å². The first-order valence-electron chi connectivity index (χ1n) is 19.8. The van der Waals surface area contributed by atoms with Crippen molar-refractivity contribution in [2.24, 2.45) is 0 Å². The van der Waals surface area contributed by atoms with Crippen LogP contribution >= 0.6 is 0 Å². The fourth-order valence-electron chi connectivity index (χ4n) is 8.68. The highest BCUT2D eigenvalue weighted by atomic mass is 16.3. The highest BCUT2D eigenvalue weighted by Gasteiger charge is 2.22. The second-order valence-electron chi connectivity index (χ2n) is 14.9. The highest BCUT2D eigenvalue weighted by Crippen LogP contribution is 2.47. The van der Waals surface area contributed by atoms with Crippen LogP contribution in [0.25, 0.3) is 88.0 Å². The standard InChI is InChI=1S/C56H37NO/c1-2-14-38(15-3-1)39-28-32-45(33-29-39)57(46-34-30-40(31-35-46)42-19-12-20-43(36-42)48-25-13-18-41-16-4-6-21-47(41)48)53-26-10-8-23-50(53)52-37-44-17-5-7-22-49(44)55-51-24-9-11-27-54(51)58-56(52)55/h1-37H. The van der Waals surface area contributed by atoms with Gasteiger partial charge in [0.15, 0.2) is 0 Å². The number of fused-ring (bicyclic) bond motifs is 6. The van der Waals surface area contributed by atoms with Crippen molar-refractivity contribution in [1.82, 2.24) is 0 Å². The second-order valence-corrected chi connectivity index (χ2v) is 14.9. The molecule has 0 fully saturated rings. The Labute approximate surface area is 337 Å². The molecule has 0 spiro atoms. The van der Waals surface area contributed by atoms with Crippen LogP contribution in [0.5, 0.6) is 0 Å². The maximum atomic E-state index is 6.77. The van der Waals surface area contributed by atoms with Crippen LogP contribution in [0.15, 0.2) is 229 Å². The van der Waals surface area contributed by atoms with Crippen molar-refractivity contribution in [3.05, 3.63) is 224 Å². The number of rotatable bonds is 7. The van der Waals surface area contributed by atoms with Gasteiger partial charge in [-0.2, -0.15) is 0 Å². The Morgan fingerprint density at radius 3 is 1.64 bits per heavy atom. The van der Waals surface area contributed by atoms with Crippen molar-refractivity contribution in [3.8, 4) is 44.5 Å². The van der Waals surface area contributed by atoms with Crippen LogP contribution in [-0.4, -0.2) is 0 Å². The first-order valence-corrected chi connectivity index (χ1v) is 19.8. The summed E-state index contributed by atoms with van der Waals surface area (Å²) in [4.78, 5) is 2.38. The molecule has 0 aliphatic carbocycles. The molecular formula is C56H37NO. The van der Waals surface area contributed by atoms with Crippen LogP contribution in [0.1, 0.15) is 0 Å². The van der Waals surface area contributed by atoms with Crippen LogP contribution < -0.4 is 4.90 Å². The molecule has 0 atom stereocenters. The molecule has 11 rings (SSSR count). The smallest absolute Gasteiger partial charge is 0.143 e. The van der Waals surface area contributed by atoms with E-state index in [9.17, 15) is 0 Å². The van der Waals surface area contributed by atoms with Gasteiger partial charge in [0.1, 0.15) is 11.2 Å². The van der Waals surface area contributed by atoms with E-state index in [-0.39, 0.29) is 0 Å². The third kappa shape index (κ3) is 5.82. The van der Waals surface area contributed by atoms with E-state index in [0.29, 0.717) is 0 Å². The van der Waals surface area contributed by atoms with Gasteiger partial charge in [-0.15, -0.1) is 0 Å². The predicted molar refractivity (Wildman–Crippen MR) is 245 cm³/mol. The largest absolute Gasteiger partial charge is 0.455 e. The SMILES string of the molecule is c1ccc(-c2ccc(N(c3ccc(-c4cccc(-c5cccc6ccccc56)c4)cc3)c3ccccc3-c3cc4ccccc4c4c3oc3ccccc34)cc2)cc1. The third-order valence-electron chi connectivity index (χ3n) is 11.5. The summed E-state index contributed by atoms with van der Waals surface area (Å²) in [6.45, 7) is 0. The third-order valence-corrected chi connectivity index (χ3v) is 11.5. The molecule has 0 amide bonds. The summed E-state index contributed by atoms with van der Waals surface area (Å²) < 4.78 is 6.77. The van der Waals surface area contributed by atoms with Crippen molar-refractivity contribution in [1.29, 1.82) is 0 Å². The monoisotopic (exact) mass is 739 g/mol. The van der Waals surface area contributed by atoms with E-state index in [1.165, 1.54) is 49.4 Å².